The van der Waals surface area contributed by atoms with Crippen LogP contribution in [0, 0.1) is 0 Å². The summed E-state index contributed by atoms with van der Waals surface area (Å²) in [7, 11) is 0. The predicted molar refractivity (Wildman–Crippen MR) is 125 cm³/mol. The molecular weight excluding hydrogens is 428 g/mol. The van der Waals surface area contributed by atoms with Gasteiger partial charge in [-0.3, -0.25) is 9.59 Å². The van der Waals surface area contributed by atoms with Crippen molar-refractivity contribution >= 4 is 23.4 Å². The molecule has 1 aliphatic rings. The number of hydrogen-bond acceptors (Lipinski definition) is 4. The number of benzene rings is 2. The molecule has 0 saturated carbocycles. The SMILES string of the molecule is CCCCNC(=O)[C@@H](C)N(Cc1cccc(Cl)c1)C(=O)CCc1ccc2c(c1)OCCO2. The number of ether oxygens (including phenoxy) is 2. The number of nitrogens with zero attached hydrogens (tertiary/aromatic N) is 1. The van der Waals surface area contributed by atoms with E-state index in [1.165, 1.54) is 0 Å². The number of halogens is 1. The van der Waals surface area contributed by atoms with Crippen LogP contribution in [0.1, 0.15) is 44.2 Å². The van der Waals surface area contributed by atoms with Crippen LogP contribution in [-0.4, -0.2) is 42.5 Å². The zero-order chi connectivity index (χ0) is 22.9. The summed E-state index contributed by atoms with van der Waals surface area (Å²) in [5.74, 6) is 1.21. The van der Waals surface area contributed by atoms with Crippen molar-refractivity contribution < 1.29 is 19.1 Å². The van der Waals surface area contributed by atoms with Crippen LogP contribution in [0.2, 0.25) is 5.02 Å². The zero-order valence-corrected chi connectivity index (χ0v) is 19.5. The van der Waals surface area contributed by atoms with Crippen LogP contribution in [0.3, 0.4) is 0 Å². The summed E-state index contributed by atoms with van der Waals surface area (Å²) >= 11 is 6.13. The van der Waals surface area contributed by atoms with Gasteiger partial charge in [0.15, 0.2) is 11.5 Å². The van der Waals surface area contributed by atoms with Gasteiger partial charge < -0.3 is 19.7 Å². The summed E-state index contributed by atoms with van der Waals surface area (Å²) in [5.41, 5.74) is 1.88. The Morgan fingerprint density at radius 2 is 1.88 bits per heavy atom. The highest BCUT2D eigenvalue weighted by molar-refractivity contribution is 6.30. The number of unbranched alkanes of at least 4 members (excludes halogenated alkanes) is 1. The summed E-state index contributed by atoms with van der Waals surface area (Å²) in [4.78, 5) is 27.6. The highest BCUT2D eigenvalue weighted by Gasteiger charge is 2.26. The fourth-order valence-corrected chi connectivity index (χ4v) is 3.80. The third kappa shape index (κ3) is 6.63. The second-order valence-electron chi connectivity index (χ2n) is 7.95. The normalized spacial score (nSPS) is 13.3. The Kier molecular flexibility index (Phi) is 8.80. The van der Waals surface area contributed by atoms with Crippen molar-refractivity contribution in [2.24, 2.45) is 0 Å². The van der Waals surface area contributed by atoms with Gasteiger partial charge >= 0.3 is 0 Å². The van der Waals surface area contributed by atoms with Gasteiger partial charge in [0.1, 0.15) is 19.3 Å². The van der Waals surface area contributed by atoms with Gasteiger partial charge in [-0.1, -0.05) is 43.1 Å². The van der Waals surface area contributed by atoms with Gasteiger partial charge in [0.2, 0.25) is 11.8 Å². The van der Waals surface area contributed by atoms with Crippen LogP contribution < -0.4 is 14.8 Å². The van der Waals surface area contributed by atoms with Crippen molar-refractivity contribution in [3.8, 4) is 11.5 Å². The number of carbonyl (C=O) groups is 2. The average molecular weight is 459 g/mol. The minimum absolute atomic E-state index is 0.0852. The molecule has 0 unspecified atom stereocenters. The Labute approximate surface area is 194 Å². The first-order valence-electron chi connectivity index (χ1n) is 11.2. The van der Waals surface area contributed by atoms with Crippen LogP contribution in [-0.2, 0) is 22.6 Å². The van der Waals surface area contributed by atoms with Gasteiger partial charge in [-0.2, -0.15) is 0 Å². The number of hydrogen-bond donors (Lipinski definition) is 1. The van der Waals surface area contributed by atoms with Gasteiger partial charge in [0.05, 0.1) is 0 Å². The molecule has 1 N–H and O–H groups in total. The van der Waals surface area contributed by atoms with Gasteiger partial charge in [-0.15, -0.1) is 0 Å². The Balaban J connectivity index is 1.69. The summed E-state index contributed by atoms with van der Waals surface area (Å²) < 4.78 is 11.2. The van der Waals surface area contributed by atoms with E-state index in [4.69, 9.17) is 21.1 Å². The zero-order valence-electron chi connectivity index (χ0n) is 18.7. The van der Waals surface area contributed by atoms with Crippen LogP contribution in [0.4, 0.5) is 0 Å². The molecule has 2 aromatic carbocycles. The van der Waals surface area contributed by atoms with E-state index >= 15 is 0 Å². The van der Waals surface area contributed by atoms with Crippen LogP contribution >= 0.6 is 11.6 Å². The monoisotopic (exact) mass is 458 g/mol. The highest BCUT2D eigenvalue weighted by atomic mass is 35.5. The van der Waals surface area contributed by atoms with Crippen molar-refractivity contribution in [2.45, 2.75) is 52.1 Å². The third-order valence-electron chi connectivity index (χ3n) is 5.47. The fourth-order valence-electron chi connectivity index (χ4n) is 3.59. The molecule has 1 atom stereocenters. The average Bonchev–Trinajstić information content (AvgIpc) is 2.80. The lowest BCUT2D eigenvalue weighted by atomic mass is 10.1. The lowest BCUT2D eigenvalue weighted by Gasteiger charge is -2.29. The van der Waals surface area contributed by atoms with Crippen molar-refractivity contribution in [3.63, 3.8) is 0 Å². The van der Waals surface area contributed by atoms with Gasteiger partial charge in [-0.05, 0) is 55.2 Å². The predicted octanol–water partition coefficient (Wildman–Crippen LogP) is 4.38. The van der Waals surface area contributed by atoms with Crippen molar-refractivity contribution in [1.29, 1.82) is 0 Å². The number of aryl methyl sites for hydroxylation is 1. The lowest BCUT2D eigenvalue weighted by Crippen LogP contribution is -2.47. The number of rotatable bonds is 10. The van der Waals surface area contributed by atoms with Crippen molar-refractivity contribution in [1.82, 2.24) is 10.2 Å². The molecule has 6 nitrogen and oxygen atoms in total. The molecule has 0 aromatic heterocycles. The molecule has 2 amide bonds. The van der Waals surface area contributed by atoms with Gasteiger partial charge in [0, 0.05) is 24.5 Å². The molecule has 0 spiro atoms. The smallest absolute Gasteiger partial charge is 0.242 e. The molecule has 0 radical (unpaired) electrons. The van der Waals surface area contributed by atoms with Crippen LogP contribution in [0.5, 0.6) is 11.5 Å². The molecule has 2 aromatic rings. The van der Waals surface area contributed by atoms with E-state index in [2.05, 4.69) is 12.2 Å². The number of nitrogens with one attached hydrogen (secondary N) is 1. The standard InChI is InChI=1S/C25H31ClN2O4/c1-3-4-12-27-25(30)18(2)28(17-20-6-5-7-21(26)15-20)24(29)11-9-19-8-10-22-23(16-19)32-14-13-31-22/h5-8,10,15-16,18H,3-4,9,11-14,17H2,1-2H3,(H,27,30)/t18-/m1/s1. The van der Waals surface area contributed by atoms with Gasteiger partial charge in [0.25, 0.3) is 0 Å². The molecule has 172 valence electrons. The van der Waals surface area contributed by atoms with E-state index < -0.39 is 6.04 Å². The molecule has 1 aliphatic heterocycles. The van der Waals surface area contributed by atoms with Crippen LogP contribution in [0.15, 0.2) is 42.5 Å². The third-order valence-corrected chi connectivity index (χ3v) is 5.71. The van der Waals surface area contributed by atoms with E-state index in [-0.39, 0.29) is 18.2 Å². The maximum Gasteiger partial charge on any atom is 0.242 e. The van der Waals surface area contributed by atoms with E-state index in [9.17, 15) is 9.59 Å². The quantitative estimate of drug-likeness (QED) is 0.536. The second-order valence-corrected chi connectivity index (χ2v) is 8.39. The summed E-state index contributed by atoms with van der Waals surface area (Å²) in [5, 5.41) is 3.54. The molecule has 0 bridgehead atoms. The maximum atomic E-state index is 13.2. The van der Waals surface area contributed by atoms with Crippen molar-refractivity contribution in [2.75, 3.05) is 19.8 Å². The largest absolute Gasteiger partial charge is 0.486 e. The van der Waals surface area contributed by atoms with Crippen LogP contribution in [0.25, 0.3) is 0 Å². The first kappa shape index (κ1) is 23.9. The Morgan fingerprint density at radius 3 is 2.62 bits per heavy atom. The van der Waals surface area contributed by atoms with E-state index in [0.717, 1.165) is 29.7 Å². The molecule has 3 rings (SSSR count). The summed E-state index contributed by atoms with van der Waals surface area (Å²) in [6.45, 7) is 5.84. The molecular formula is C25H31ClN2O4. The number of amides is 2. The number of fused-ring (bicyclic) bond motifs is 1. The van der Waals surface area contributed by atoms with E-state index in [0.29, 0.717) is 43.5 Å². The molecule has 32 heavy (non-hydrogen) atoms. The second kappa shape index (κ2) is 11.8. The van der Waals surface area contributed by atoms with E-state index in [1.54, 1.807) is 17.9 Å². The molecule has 0 aliphatic carbocycles. The highest BCUT2D eigenvalue weighted by Crippen LogP contribution is 2.31. The van der Waals surface area contributed by atoms with Crippen molar-refractivity contribution in [3.05, 3.63) is 58.6 Å². The Hall–Kier alpha value is -2.73. The lowest BCUT2D eigenvalue weighted by molar-refractivity contribution is -0.140. The van der Waals surface area contributed by atoms with E-state index in [1.807, 2.05) is 36.4 Å². The molecule has 0 fully saturated rings. The molecule has 0 saturated heterocycles. The molecule has 7 heteroatoms. The van der Waals surface area contributed by atoms with Gasteiger partial charge in [-0.25, -0.2) is 0 Å². The Bertz CT molecular complexity index is 934. The maximum absolute atomic E-state index is 13.2. The first-order valence-corrected chi connectivity index (χ1v) is 11.6. The Morgan fingerprint density at radius 1 is 1.09 bits per heavy atom. The summed E-state index contributed by atoms with van der Waals surface area (Å²) in [6, 6.07) is 12.5. The number of carbonyl (C=O) groups excluding carboxylic acids is 2. The fraction of sp³-hybridized carbons (Fsp3) is 0.440. The topological polar surface area (TPSA) is 67.9 Å². The minimum atomic E-state index is -0.585. The summed E-state index contributed by atoms with van der Waals surface area (Å²) in [6.07, 6.45) is 2.73. The first-order chi connectivity index (χ1) is 15.5. The minimum Gasteiger partial charge on any atom is -0.486 e. The molecule has 1 heterocycles.